The summed E-state index contributed by atoms with van der Waals surface area (Å²) >= 11 is 14.9. The molecule has 0 saturated carbocycles. The second-order valence-electron chi connectivity index (χ2n) is 19.4. The van der Waals surface area contributed by atoms with Crippen LogP contribution in [-0.2, 0) is 27.5 Å². The number of hydrogen-bond acceptors (Lipinski definition) is 15. The second kappa shape index (κ2) is 26.4. The highest BCUT2D eigenvalue weighted by Crippen LogP contribution is 2.34. The second-order valence-corrected chi connectivity index (χ2v) is 21.7. The van der Waals surface area contributed by atoms with Gasteiger partial charge in [0, 0.05) is 135 Å². The van der Waals surface area contributed by atoms with E-state index in [-0.39, 0.29) is 37.4 Å². The third-order valence-electron chi connectivity index (χ3n) is 14.1. The van der Waals surface area contributed by atoms with Gasteiger partial charge in [0.1, 0.15) is 18.0 Å². The van der Waals surface area contributed by atoms with Crippen molar-refractivity contribution in [1.29, 1.82) is 0 Å². The van der Waals surface area contributed by atoms with Crippen molar-refractivity contribution in [2.24, 2.45) is 10.7 Å². The minimum absolute atomic E-state index is 0.0139. The molecule has 4 aliphatic rings. The van der Waals surface area contributed by atoms with E-state index >= 15 is 0 Å². The first-order valence-corrected chi connectivity index (χ1v) is 27.0. The minimum atomic E-state index is -2.14. The Morgan fingerprint density at radius 2 is 1.06 bits per heavy atom. The number of rotatable bonds is 7. The molecule has 410 valence electrons. The zero-order valence-corrected chi connectivity index (χ0v) is 45.7. The van der Waals surface area contributed by atoms with E-state index in [1.165, 1.54) is 12.8 Å². The van der Waals surface area contributed by atoms with Crippen LogP contribution in [0.15, 0.2) is 90.4 Å². The number of aliphatic imine (C=N–C) groups is 1. The number of likely N-dealkylation sites (tertiary alicyclic amines) is 2. The number of benzene rings is 2. The van der Waals surface area contributed by atoms with E-state index in [0.717, 1.165) is 125 Å². The van der Waals surface area contributed by atoms with E-state index in [1.54, 1.807) is 12.4 Å². The van der Waals surface area contributed by atoms with Crippen LogP contribution in [-0.4, -0.2) is 167 Å². The molecule has 4 saturated heterocycles. The number of hydrogen-bond donors (Lipinski definition) is 2. The molecule has 2 atom stereocenters. The molecule has 4 aliphatic heterocycles. The summed E-state index contributed by atoms with van der Waals surface area (Å²) in [6.07, 6.45) is 14.1. The van der Waals surface area contributed by atoms with Gasteiger partial charge in [-0.15, -0.1) is 25.4 Å². The van der Waals surface area contributed by atoms with Gasteiger partial charge in [-0.2, -0.15) is 0 Å². The van der Waals surface area contributed by atoms with Crippen LogP contribution in [0.3, 0.4) is 0 Å². The average Bonchev–Trinajstić information content (AvgIpc) is 3.56. The molecule has 4 fully saturated rings. The van der Waals surface area contributed by atoms with E-state index in [2.05, 4.69) is 59.0 Å². The number of carbonyl (C=O) groups excluding carboxylic acids is 5. The van der Waals surface area contributed by atoms with Crippen molar-refractivity contribution in [3.05, 3.63) is 96.6 Å². The highest BCUT2D eigenvalue weighted by atomic mass is 35.6. The van der Waals surface area contributed by atoms with Crippen LogP contribution in [0.2, 0.25) is 0 Å². The molecule has 6 amide bonds. The molecule has 6 aromatic rings. The van der Waals surface area contributed by atoms with Gasteiger partial charge in [-0.25, -0.2) is 19.2 Å². The van der Waals surface area contributed by atoms with Crippen LogP contribution in [0, 0.1) is 0 Å². The van der Waals surface area contributed by atoms with Gasteiger partial charge in [-0.1, -0.05) is 83.3 Å². The van der Waals surface area contributed by atoms with Crippen molar-refractivity contribution in [1.82, 2.24) is 50.0 Å². The number of piperidine rings is 2. The lowest BCUT2D eigenvalue weighted by Gasteiger charge is -2.43. The lowest BCUT2D eigenvalue weighted by atomic mass is 10.0. The van der Waals surface area contributed by atoms with Crippen LogP contribution in [0.5, 0.6) is 0 Å². The monoisotopic (exact) mass is 1120 g/mol. The first-order valence-electron chi connectivity index (χ1n) is 25.9. The van der Waals surface area contributed by atoms with E-state index < -0.39 is 15.8 Å². The van der Waals surface area contributed by atoms with E-state index in [0.29, 0.717) is 39.3 Å². The van der Waals surface area contributed by atoms with Crippen molar-refractivity contribution in [3.63, 3.8) is 0 Å². The number of halogens is 3. The van der Waals surface area contributed by atoms with Crippen molar-refractivity contribution in [3.8, 4) is 22.5 Å². The average molecular weight is 1120 g/mol. The maximum Gasteiger partial charge on any atom is 0.404 e. The van der Waals surface area contributed by atoms with Crippen LogP contribution in [0.25, 0.3) is 44.1 Å². The number of aliphatic hydroxyl groups is 1. The molecule has 0 unspecified atom stereocenters. The normalized spacial score (nSPS) is 17.8. The van der Waals surface area contributed by atoms with Crippen molar-refractivity contribution in [2.45, 2.75) is 81.5 Å². The summed E-state index contributed by atoms with van der Waals surface area (Å²) < 4.78 is 2.72. The van der Waals surface area contributed by atoms with Gasteiger partial charge in [0.05, 0.1) is 6.61 Å². The molecule has 4 aromatic heterocycles. The molecule has 24 heteroatoms. The first kappa shape index (κ1) is 56.9. The Morgan fingerprint density at radius 1 is 0.628 bits per heavy atom. The molecular formula is C54H61Cl3N14O7. The number of fused-ring (bicyclic) bond motifs is 2. The Morgan fingerprint density at radius 3 is 1.44 bits per heavy atom. The SMILES string of the molecule is C[C@H]1CN(c2nnc(-c3ccc(CO)cc3)c3ccncc23)CCN1C(=O)N1CCCCC1.C[C@H]1CN(c2nnc(-c3ccc(COC(N)=O)cc3)c3ccncc23)CCN1C(=O)N1CCCCC1.O=C=NC(=O)C(Cl)(Cl)Cl. The topological polar surface area (TPSA) is 250 Å². The third-order valence-corrected chi connectivity index (χ3v) is 14.6. The smallest absolute Gasteiger partial charge is 0.404 e. The van der Waals surface area contributed by atoms with E-state index in [9.17, 15) is 29.1 Å². The number of anilines is 2. The number of pyridine rings is 2. The molecule has 3 N–H and O–H groups in total. The number of nitrogens with zero attached hydrogens (tertiary/aromatic N) is 13. The number of alkyl halides is 3. The number of primary amides is 1. The fourth-order valence-corrected chi connectivity index (χ4v) is 10.2. The zero-order valence-electron chi connectivity index (χ0n) is 43.4. The Hall–Kier alpha value is -7.29. The fraction of sp³-hybridized carbons (Fsp3) is 0.426. The molecule has 0 bridgehead atoms. The maximum absolute atomic E-state index is 13.1. The summed E-state index contributed by atoms with van der Waals surface area (Å²) in [7, 11) is 0. The molecule has 0 radical (unpaired) electrons. The van der Waals surface area contributed by atoms with E-state index in [1.807, 2.05) is 92.7 Å². The van der Waals surface area contributed by atoms with Crippen LogP contribution in [0.1, 0.15) is 63.5 Å². The summed E-state index contributed by atoms with van der Waals surface area (Å²) in [4.78, 5) is 80.3. The minimum Gasteiger partial charge on any atom is -0.445 e. The largest absolute Gasteiger partial charge is 0.445 e. The van der Waals surface area contributed by atoms with Gasteiger partial charge in [0.15, 0.2) is 11.6 Å². The molecule has 0 aliphatic carbocycles. The lowest BCUT2D eigenvalue weighted by Crippen LogP contribution is -2.58. The van der Waals surface area contributed by atoms with Gasteiger partial charge in [0.2, 0.25) is 6.08 Å². The molecule has 21 nitrogen and oxygen atoms in total. The number of ether oxygens (including phenoxy) is 1. The van der Waals surface area contributed by atoms with Crippen molar-refractivity contribution in [2.75, 3.05) is 75.2 Å². The van der Waals surface area contributed by atoms with Gasteiger partial charge < -0.3 is 45.0 Å². The molecule has 78 heavy (non-hydrogen) atoms. The zero-order chi connectivity index (χ0) is 55.3. The standard InChI is InChI=1S/C26H31N7O3.C25H30N6O2.C3Cl3NO2/c1-18-16-32(13-14-33(18)26(35)31-11-3-2-4-12-31)24-22-15-28-10-9-21(22)23(29-30-24)20-7-5-19(6-8-20)17-36-25(27)34;1-18-16-30(13-14-31(18)25(33)29-11-3-2-4-12-29)24-22-15-26-10-9-21(22)23(27-28-24)20-7-5-19(17-32)6-8-20;4-3(5,6)2(9)7-1-8/h5-10,15,18H,2-4,11-14,16-17H2,1H3,(H2,27,34);5-10,15,18,32H,2-4,11-14,16-17H2,1H3;/t2*18-;/m00./s1. The van der Waals surface area contributed by atoms with Crippen LogP contribution >= 0.6 is 34.8 Å². The summed E-state index contributed by atoms with van der Waals surface area (Å²) in [5.74, 6) is 0.457. The maximum atomic E-state index is 13.1. The summed E-state index contributed by atoms with van der Waals surface area (Å²) in [6, 6.07) is 19.7. The number of isocyanates is 1. The van der Waals surface area contributed by atoms with Crippen molar-refractivity contribution < 1.29 is 33.8 Å². The number of aliphatic hydroxyl groups excluding tert-OH is 1. The first-order chi connectivity index (χ1) is 37.6. The molecule has 10 rings (SSSR count). The Kier molecular flexibility index (Phi) is 19.2. The lowest BCUT2D eigenvalue weighted by molar-refractivity contribution is -0.116. The molecule has 2 aromatic carbocycles. The summed E-state index contributed by atoms with van der Waals surface area (Å²) in [5.41, 5.74) is 10.2. The predicted octanol–water partition coefficient (Wildman–Crippen LogP) is 7.92. The molecule has 8 heterocycles. The Labute approximate surface area is 466 Å². The molecular weight excluding hydrogens is 1060 g/mol. The van der Waals surface area contributed by atoms with Crippen molar-refractivity contribution >= 4 is 98.1 Å². The number of amides is 6. The summed E-state index contributed by atoms with van der Waals surface area (Å²) in [5, 5.41) is 31.6. The highest BCUT2D eigenvalue weighted by Gasteiger charge is 2.35. The quantitative estimate of drug-likeness (QED) is 0.0875. The van der Waals surface area contributed by atoms with Gasteiger partial charge in [-0.3, -0.25) is 14.8 Å². The highest BCUT2D eigenvalue weighted by molar-refractivity contribution is 6.76. The number of aromatic nitrogens is 6. The number of piperazine rings is 2. The Balaban J connectivity index is 0.000000179. The Bertz CT molecular complexity index is 3120. The molecule has 0 spiro atoms. The number of nitrogens with two attached hydrogens (primary N) is 1. The van der Waals surface area contributed by atoms with Gasteiger partial charge in [0.25, 0.3) is 3.79 Å². The third kappa shape index (κ3) is 13.9. The number of carbonyl (C=O) groups is 4. The van der Waals surface area contributed by atoms with E-state index in [4.69, 9.17) is 45.3 Å². The van der Waals surface area contributed by atoms with Gasteiger partial charge >= 0.3 is 24.1 Å². The fourth-order valence-electron chi connectivity index (χ4n) is 10.1. The van der Waals surface area contributed by atoms with Gasteiger partial charge in [-0.05, 0) is 75.6 Å². The van der Waals surface area contributed by atoms with Crippen LogP contribution < -0.4 is 15.5 Å². The summed E-state index contributed by atoms with van der Waals surface area (Å²) in [6.45, 7) is 11.9. The number of urea groups is 2. The van der Waals surface area contributed by atoms with Crippen LogP contribution in [0.4, 0.5) is 26.0 Å². The predicted molar refractivity (Wildman–Crippen MR) is 298 cm³/mol.